The number of hydrogen-bond donors (Lipinski definition) is 3. The van der Waals surface area contributed by atoms with Crippen LogP contribution in [0.25, 0.3) is 0 Å². The topological polar surface area (TPSA) is 107 Å². The van der Waals surface area contributed by atoms with Gasteiger partial charge >= 0.3 is 0 Å². The van der Waals surface area contributed by atoms with Crippen molar-refractivity contribution in [3.8, 4) is 0 Å². The molecule has 1 aromatic carbocycles. The van der Waals surface area contributed by atoms with Crippen LogP contribution in [0.15, 0.2) is 30.6 Å². The predicted octanol–water partition coefficient (Wildman–Crippen LogP) is 1.20. The van der Waals surface area contributed by atoms with Crippen LogP contribution in [0.5, 0.6) is 0 Å². The first-order valence-corrected chi connectivity index (χ1v) is 4.89. The molecule has 0 unspecified atom stereocenters. The number of carbonyl (C=O) groups excluding carboxylic acids is 1. The zero-order valence-corrected chi connectivity index (χ0v) is 8.92. The van der Waals surface area contributed by atoms with E-state index < -0.39 is 0 Å². The zero-order chi connectivity index (χ0) is 12.3. The Balaban J connectivity index is 2.40. The van der Waals surface area contributed by atoms with Gasteiger partial charge in [-0.3, -0.25) is 4.79 Å². The number of aromatic nitrogens is 2. The fourth-order valence-electron chi connectivity index (χ4n) is 1.36. The Bertz CT molecular complexity index is 555. The summed E-state index contributed by atoms with van der Waals surface area (Å²) in [6, 6.07) is 7.16. The van der Waals surface area contributed by atoms with Crippen molar-refractivity contribution in [2.75, 3.05) is 16.8 Å². The van der Waals surface area contributed by atoms with Gasteiger partial charge in [0.2, 0.25) is 0 Å². The molecule has 0 fully saturated rings. The quantitative estimate of drug-likeness (QED) is 0.539. The Morgan fingerprint density at radius 3 is 2.65 bits per heavy atom. The number of anilines is 4. The fourth-order valence-corrected chi connectivity index (χ4v) is 1.36. The molecule has 17 heavy (non-hydrogen) atoms. The smallest absolute Gasteiger partial charge is 0.157 e. The first-order chi connectivity index (χ1) is 8.22. The van der Waals surface area contributed by atoms with Crippen molar-refractivity contribution in [1.29, 1.82) is 0 Å². The van der Waals surface area contributed by atoms with Crippen LogP contribution < -0.4 is 16.8 Å². The van der Waals surface area contributed by atoms with Crippen LogP contribution in [0.2, 0.25) is 0 Å². The number of nitrogen functional groups attached to an aromatic ring is 2. The maximum atomic E-state index is 10.9. The number of carbonyl (C=O) groups is 1. The number of rotatable bonds is 3. The van der Waals surface area contributed by atoms with E-state index in [9.17, 15) is 4.79 Å². The van der Waals surface area contributed by atoms with Crippen molar-refractivity contribution in [3.63, 3.8) is 0 Å². The van der Waals surface area contributed by atoms with Gasteiger partial charge in [0.1, 0.15) is 18.0 Å². The first kappa shape index (κ1) is 10.9. The molecule has 0 saturated heterocycles. The van der Waals surface area contributed by atoms with E-state index in [1.807, 2.05) is 12.1 Å². The maximum absolute atomic E-state index is 10.9. The van der Waals surface area contributed by atoms with E-state index in [2.05, 4.69) is 15.3 Å². The Hall–Kier alpha value is -2.63. The van der Waals surface area contributed by atoms with E-state index in [1.165, 1.54) is 6.33 Å². The van der Waals surface area contributed by atoms with Crippen molar-refractivity contribution < 1.29 is 4.79 Å². The van der Waals surface area contributed by atoms with E-state index in [0.717, 1.165) is 0 Å². The molecule has 1 heterocycles. The van der Waals surface area contributed by atoms with Crippen LogP contribution in [0.3, 0.4) is 0 Å². The van der Waals surface area contributed by atoms with Crippen LogP contribution >= 0.6 is 0 Å². The Kier molecular flexibility index (Phi) is 2.87. The summed E-state index contributed by atoms with van der Waals surface area (Å²) >= 11 is 0. The molecule has 0 aliphatic heterocycles. The van der Waals surface area contributed by atoms with Crippen LogP contribution in [-0.2, 0) is 0 Å². The van der Waals surface area contributed by atoms with Crippen LogP contribution in [0.1, 0.15) is 10.4 Å². The van der Waals surface area contributed by atoms with E-state index in [0.29, 0.717) is 23.5 Å². The summed E-state index contributed by atoms with van der Waals surface area (Å²) in [7, 11) is 0. The van der Waals surface area contributed by atoms with Gasteiger partial charge in [0, 0.05) is 0 Å². The number of para-hydroxylation sites is 2. The lowest BCUT2D eigenvalue weighted by atomic mass is 10.2. The van der Waals surface area contributed by atoms with Gasteiger partial charge in [-0.25, -0.2) is 9.97 Å². The summed E-state index contributed by atoms with van der Waals surface area (Å²) in [6.07, 6.45) is 1.89. The molecule has 6 heteroatoms. The second-order valence-electron chi connectivity index (χ2n) is 3.35. The molecule has 1 aromatic heterocycles. The summed E-state index contributed by atoms with van der Waals surface area (Å²) in [4.78, 5) is 18.6. The third-order valence-electron chi connectivity index (χ3n) is 2.25. The largest absolute Gasteiger partial charge is 0.397 e. The average molecular weight is 229 g/mol. The predicted molar refractivity (Wildman–Crippen MR) is 66.0 cm³/mol. The van der Waals surface area contributed by atoms with Gasteiger partial charge in [-0.2, -0.15) is 0 Å². The van der Waals surface area contributed by atoms with Crippen LogP contribution in [-0.4, -0.2) is 16.3 Å². The highest BCUT2D eigenvalue weighted by atomic mass is 16.1. The molecule has 0 radical (unpaired) electrons. The number of aldehydes is 1. The third kappa shape index (κ3) is 2.15. The molecule has 0 atom stereocenters. The molecule has 2 rings (SSSR count). The number of nitrogens with two attached hydrogens (primary N) is 2. The van der Waals surface area contributed by atoms with Crippen molar-refractivity contribution in [1.82, 2.24) is 9.97 Å². The monoisotopic (exact) mass is 229 g/mol. The Morgan fingerprint density at radius 1 is 1.18 bits per heavy atom. The van der Waals surface area contributed by atoms with Crippen LogP contribution in [0, 0.1) is 0 Å². The number of nitrogens with one attached hydrogen (secondary N) is 1. The zero-order valence-electron chi connectivity index (χ0n) is 8.92. The molecule has 0 amide bonds. The highest BCUT2D eigenvalue weighted by Gasteiger charge is 2.09. The SMILES string of the molecule is Nc1ccccc1Nc1ncnc(N)c1C=O. The second kappa shape index (κ2) is 4.48. The molecule has 0 bridgehead atoms. The minimum Gasteiger partial charge on any atom is -0.397 e. The van der Waals surface area contributed by atoms with E-state index >= 15 is 0 Å². The lowest BCUT2D eigenvalue weighted by Crippen LogP contribution is -2.05. The van der Waals surface area contributed by atoms with Crippen molar-refractivity contribution >= 4 is 29.3 Å². The molecule has 6 nitrogen and oxygen atoms in total. The van der Waals surface area contributed by atoms with Gasteiger partial charge in [-0.1, -0.05) is 12.1 Å². The molecule has 0 aliphatic carbocycles. The highest BCUT2D eigenvalue weighted by molar-refractivity contribution is 5.90. The molecular weight excluding hydrogens is 218 g/mol. The van der Waals surface area contributed by atoms with Gasteiger partial charge in [0.25, 0.3) is 0 Å². The first-order valence-electron chi connectivity index (χ1n) is 4.89. The third-order valence-corrected chi connectivity index (χ3v) is 2.25. The van der Waals surface area contributed by atoms with Gasteiger partial charge in [-0.05, 0) is 12.1 Å². The van der Waals surface area contributed by atoms with E-state index in [-0.39, 0.29) is 11.4 Å². The molecule has 0 spiro atoms. The molecule has 2 aromatic rings. The van der Waals surface area contributed by atoms with Gasteiger partial charge in [-0.15, -0.1) is 0 Å². The summed E-state index contributed by atoms with van der Waals surface area (Å²) in [6.45, 7) is 0. The molecule has 0 aliphatic rings. The molecule has 86 valence electrons. The van der Waals surface area contributed by atoms with Gasteiger partial charge < -0.3 is 16.8 Å². The lowest BCUT2D eigenvalue weighted by molar-refractivity contribution is 0.112. The summed E-state index contributed by atoms with van der Waals surface area (Å²) in [5, 5.41) is 2.95. The van der Waals surface area contributed by atoms with Gasteiger partial charge in [0.05, 0.1) is 16.9 Å². The van der Waals surface area contributed by atoms with Crippen LogP contribution in [0.4, 0.5) is 23.0 Å². The Morgan fingerprint density at radius 2 is 1.94 bits per heavy atom. The summed E-state index contributed by atoms with van der Waals surface area (Å²) in [5.74, 6) is 0.470. The molecular formula is C11H11N5O. The second-order valence-corrected chi connectivity index (χ2v) is 3.35. The number of nitrogens with zero attached hydrogens (tertiary/aromatic N) is 2. The Labute approximate surface area is 97.7 Å². The number of hydrogen-bond acceptors (Lipinski definition) is 6. The fraction of sp³-hybridized carbons (Fsp3) is 0. The number of benzene rings is 1. The van der Waals surface area contributed by atoms with E-state index in [4.69, 9.17) is 11.5 Å². The standard InChI is InChI=1S/C11H11N5O/c12-8-3-1-2-4-9(8)16-11-7(5-17)10(13)14-6-15-11/h1-6H,12H2,(H3,13,14,15,16). The molecule has 0 saturated carbocycles. The summed E-state index contributed by atoms with van der Waals surface area (Å²) in [5.41, 5.74) is 12.8. The molecule has 5 N–H and O–H groups in total. The lowest BCUT2D eigenvalue weighted by Gasteiger charge is -2.10. The van der Waals surface area contributed by atoms with E-state index in [1.54, 1.807) is 12.1 Å². The van der Waals surface area contributed by atoms with Crippen molar-refractivity contribution in [2.45, 2.75) is 0 Å². The normalized spacial score (nSPS) is 9.88. The van der Waals surface area contributed by atoms with Crippen molar-refractivity contribution in [3.05, 3.63) is 36.2 Å². The maximum Gasteiger partial charge on any atom is 0.157 e. The minimum absolute atomic E-state index is 0.131. The average Bonchev–Trinajstić information content (AvgIpc) is 2.32. The highest BCUT2D eigenvalue weighted by Crippen LogP contribution is 2.24. The van der Waals surface area contributed by atoms with Crippen molar-refractivity contribution in [2.24, 2.45) is 0 Å². The van der Waals surface area contributed by atoms with Gasteiger partial charge in [0.15, 0.2) is 6.29 Å². The summed E-state index contributed by atoms with van der Waals surface area (Å²) < 4.78 is 0. The minimum atomic E-state index is 0.131.